The normalized spacial score (nSPS) is 11.8. The van der Waals surface area contributed by atoms with Gasteiger partial charge in [0, 0.05) is 18.6 Å². The number of anilines is 2. The van der Waals surface area contributed by atoms with Crippen LogP contribution in [0.15, 0.2) is 53.0 Å². The highest BCUT2D eigenvalue weighted by atomic mass is 79.9. The minimum atomic E-state index is -0.694. The van der Waals surface area contributed by atoms with E-state index in [0.29, 0.717) is 0 Å². The van der Waals surface area contributed by atoms with Gasteiger partial charge in [0.25, 0.3) is 0 Å². The minimum absolute atomic E-state index is 0.234. The van der Waals surface area contributed by atoms with Crippen molar-refractivity contribution in [1.82, 2.24) is 0 Å². The maximum Gasteiger partial charge on any atom is 0.245 e. The van der Waals surface area contributed by atoms with Gasteiger partial charge >= 0.3 is 0 Å². The molecular weight excluding hydrogens is 330 g/mol. The van der Waals surface area contributed by atoms with E-state index in [-0.39, 0.29) is 5.91 Å². The lowest BCUT2D eigenvalue weighted by Crippen LogP contribution is -2.28. The lowest BCUT2D eigenvalue weighted by Gasteiger charge is -2.20. The molecule has 2 aromatic carbocycles. The van der Waals surface area contributed by atoms with Crippen LogP contribution in [0.2, 0.25) is 0 Å². The van der Waals surface area contributed by atoms with E-state index in [0.717, 1.165) is 21.4 Å². The standard InChI is InChI=1S/C16H18BrN3O/c1-20(2)14-9-8-12(17)10-13(14)19-16(21)15(18)11-6-4-3-5-7-11/h3-10,15H,18H2,1-2H3,(H,19,21)/t15-/m0/s1. The van der Waals surface area contributed by atoms with Crippen LogP contribution in [-0.2, 0) is 4.79 Å². The molecule has 0 bridgehead atoms. The fourth-order valence-corrected chi connectivity index (χ4v) is 2.38. The summed E-state index contributed by atoms with van der Waals surface area (Å²) in [5.41, 5.74) is 8.45. The number of amides is 1. The van der Waals surface area contributed by atoms with Crippen LogP contribution >= 0.6 is 15.9 Å². The van der Waals surface area contributed by atoms with E-state index >= 15 is 0 Å². The predicted molar refractivity (Wildman–Crippen MR) is 90.5 cm³/mol. The Labute approximate surface area is 133 Å². The van der Waals surface area contributed by atoms with Gasteiger partial charge in [0.1, 0.15) is 6.04 Å². The first-order valence-corrected chi connectivity index (χ1v) is 7.36. The van der Waals surface area contributed by atoms with E-state index in [1.54, 1.807) is 0 Å². The highest BCUT2D eigenvalue weighted by Crippen LogP contribution is 2.28. The van der Waals surface area contributed by atoms with Gasteiger partial charge < -0.3 is 16.0 Å². The monoisotopic (exact) mass is 347 g/mol. The zero-order valence-electron chi connectivity index (χ0n) is 12.0. The molecule has 3 N–H and O–H groups in total. The third-order valence-electron chi connectivity index (χ3n) is 3.14. The maximum absolute atomic E-state index is 12.3. The Balaban J connectivity index is 2.22. The van der Waals surface area contributed by atoms with Crippen molar-refractivity contribution >= 4 is 33.2 Å². The summed E-state index contributed by atoms with van der Waals surface area (Å²) in [6.07, 6.45) is 0. The van der Waals surface area contributed by atoms with Crippen molar-refractivity contribution in [2.45, 2.75) is 6.04 Å². The first-order valence-electron chi connectivity index (χ1n) is 6.57. The molecule has 0 radical (unpaired) electrons. The fraction of sp³-hybridized carbons (Fsp3) is 0.188. The fourth-order valence-electron chi connectivity index (χ4n) is 2.02. The van der Waals surface area contributed by atoms with Crippen LogP contribution in [0.25, 0.3) is 0 Å². The third-order valence-corrected chi connectivity index (χ3v) is 3.63. The van der Waals surface area contributed by atoms with E-state index in [4.69, 9.17) is 5.73 Å². The molecule has 5 heteroatoms. The Morgan fingerprint density at radius 2 is 1.86 bits per heavy atom. The Bertz CT molecular complexity index is 629. The molecule has 21 heavy (non-hydrogen) atoms. The smallest absolute Gasteiger partial charge is 0.245 e. The summed E-state index contributed by atoms with van der Waals surface area (Å²) in [6.45, 7) is 0. The second kappa shape index (κ2) is 6.74. The van der Waals surface area contributed by atoms with Crippen molar-refractivity contribution in [3.63, 3.8) is 0 Å². The second-order valence-corrected chi connectivity index (χ2v) is 5.85. The number of nitrogens with zero attached hydrogens (tertiary/aromatic N) is 1. The summed E-state index contributed by atoms with van der Waals surface area (Å²) in [6, 6.07) is 14.4. The van der Waals surface area contributed by atoms with E-state index in [1.165, 1.54) is 0 Å². The number of rotatable bonds is 4. The molecule has 0 fully saturated rings. The van der Waals surface area contributed by atoms with E-state index in [1.807, 2.05) is 67.5 Å². The van der Waals surface area contributed by atoms with Crippen LogP contribution in [0.1, 0.15) is 11.6 Å². The predicted octanol–water partition coefficient (Wildman–Crippen LogP) is 3.15. The number of benzene rings is 2. The highest BCUT2D eigenvalue weighted by molar-refractivity contribution is 9.10. The Hall–Kier alpha value is -1.85. The Kier molecular flexibility index (Phi) is 4.98. The van der Waals surface area contributed by atoms with Gasteiger partial charge in [-0.2, -0.15) is 0 Å². The average molecular weight is 348 g/mol. The van der Waals surface area contributed by atoms with Gasteiger partial charge in [-0.3, -0.25) is 4.79 Å². The van der Waals surface area contributed by atoms with Gasteiger partial charge in [-0.15, -0.1) is 0 Å². The maximum atomic E-state index is 12.3. The van der Waals surface area contributed by atoms with Crippen LogP contribution in [0.5, 0.6) is 0 Å². The molecule has 0 aliphatic heterocycles. The van der Waals surface area contributed by atoms with Gasteiger partial charge in [-0.25, -0.2) is 0 Å². The molecule has 1 atom stereocenters. The van der Waals surface area contributed by atoms with Gasteiger partial charge in [0.05, 0.1) is 11.4 Å². The number of hydrogen-bond donors (Lipinski definition) is 2. The van der Waals surface area contributed by atoms with E-state index < -0.39 is 6.04 Å². The number of nitrogens with one attached hydrogen (secondary N) is 1. The van der Waals surface area contributed by atoms with Crippen LogP contribution in [0, 0.1) is 0 Å². The summed E-state index contributed by atoms with van der Waals surface area (Å²) in [5.74, 6) is -0.234. The van der Waals surface area contributed by atoms with Crippen molar-refractivity contribution in [1.29, 1.82) is 0 Å². The molecule has 0 unspecified atom stereocenters. The topological polar surface area (TPSA) is 58.4 Å². The van der Waals surface area contributed by atoms with Crippen molar-refractivity contribution in [2.75, 3.05) is 24.3 Å². The minimum Gasteiger partial charge on any atom is -0.376 e. The quantitative estimate of drug-likeness (QED) is 0.892. The molecule has 2 aromatic rings. The molecule has 110 valence electrons. The molecule has 0 heterocycles. The molecule has 0 aromatic heterocycles. The lowest BCUT2D eigenvalue weighted by atomic mass is 10.1. The number of carbonyl (C=O) groups is 1. The Morgan fingerprint density at radius 3 is 2.48 bits per heavy atom. The van der Waals surface area contributed by atoms with Gasteiger partial charge in [0.15, 0.2) is 0 Å². The zero-order chi connectivity index (χ0) is 15.4. The summed E-state index contributed by atoms with van der Waals surface area (Å²) in [5, 5.41) is 2.90. The number of hydrogen-bond acceptors (Lipinski definition) is 3. The van der Waals surface area contributed by atoms with Crippen molar-refractivity contribution in [2.24, 2.45) is 5.73 Å². The molecular formula is C16H18BrN3O. The first kappa shape index (κ1) is 15.5. The first-order chi connectivity index (χ1) is 9.99. The highest BCUT2D eigenvalue weighted by Gasteiger charge is 2.17. The third kappa shape index (κ3) is 3.83. The average Bonchev–Trinajstić information content (AvgIpc) is 2.47. The van der Waals surface area contributed by atoms with Crippen molar-refractivity contribution in [3.8, 4) is 0 Å². The molecule has 0 saturated carbocycles. The largest absolute Gasteiger partial charge is 0.376 e. The van der Waals surface area contributed by atoms with Crippen LogP contribution in [0.4, 0.5) is 11.4 Å². The molecule has 0 aliphatic carbocycles. The van der Waals surface area contributed by atoms with Crippen molar-refractivity contribution in [3.05, 3.63) is 58.6 Å². The van der Waals surface area contributed by atoms with E-state index in [2.05, 4.69) is 21.2 Å². The number of nitrogens with two attached hydrogens (primary N) is 1. The van der Waals surface area contributed by atoms with Gasteiger partial charge in [-0.05, 0) is 23.8 Å². The van der Waals surface area contributed by atoms with Crippen LogP contribution in [0.3, 0.4) is 0 Å². The second-order valence-electron chi connectivity index (χ2n) is 4.93. The van der Waals surface area contributed by atoms with E-state index in [9.17, 15) is 4.79 Å². The Morgan fingerprint density at radius 1 is 1.19 bits per heavy atom. The summed E-state index contributed by atoms with van der Waals surface area (Å²) in [7, 11) is 3.85. The van der Waals surface area contributed by atoms with Gasteiger partial charge in [-0.1, -0.05) is 46.3 Å². The SMILES string of the molecule is CN(C)c1ccc(Br)cc1NC(=O)[C@@H](N)c1ccccc1. The van der Waals surface area contributed by atoms with Crippen molar-refractivity contribution < 1.29 is 4.79 Å². The lowest BCUT2D eigenvalue weighted by molar-refractivity contribution is -0.117. The molecule has 0 aliphatic rings. The number of halogens is 1. The summed E-state index contributed by atoms with van der Waals surface area (Å²) >= 11 is 3.42. The summed E-state index contributed by atoms with van der Waals surface area (Å²) in [4.78, 5) is 14.3. The molecule has 2 rings (SSSR count). The molecule has 0 spiro atoms. The summed E-state index contributed by atoms with van der Waals surface area (Å²) < 4.78 is 0.900. The molecule has 0 saturated heterocycles. The van der Waals surface area contributed by atoms with Crippen LogP contribution < -0.4 is 16.0 Å². The molecule has 4 nitrogen and oxygen atoms in total. The van der Waals surface area contributed by atoms with Gasteiger partial charge in [0.2, 0.25) is 5.91 Å². The van der Waals surface area contributed by atoms with Crippen LogP contribution in [-0.4, -0.2) is 20.0 Å². The molecule has 1 amide bonds. The number of carbonyl (C=O) groups excluding carboxylic acids is 1. The zero-order valence-corrected chi connectivity index (χ0v) is 13.6.